The van der Waals surface area contributed by atoms with Crippen LogP contribution in [0.25, 0.3) is 11.1 Å². The van der Waals surface area contributed by atoms with Crippen LogP contribution in [0.1, 0.15) is 11.1 Å². The normalized spacial score (nSPS) is 17.0. The second-order valence-corrected chi connectivity index (χ2v) is 7.33. The summed E-state index contributed by atoms with van der Waals surface area (Å²) in [6, 6.07) is 12.9. The van der Waals surface area contributed by atoms with Crippen molar-refractivity contribution in [2.45, 2.75) is 11.0 Å². The lowest BCUT2D eigenvalue weighted by Crippen LogP contribution is -2.18. The fraction of sp³-hybridized carbons (Fsp3) is 0.118. The molecular weight excluding hydrogens is 338 g/mol. The summed E-state index contributed by atoms with van der Waals surface area (Å²) in [4.78, 5) is 11.9. The van der Waals surface area contributed by atoms with Crippen LogP contribution in [0.5, 0.6) is 0 Å². The van der Waals surface area contributed by atoms with Crippen LogP contribution in [-0.2, 0) is 19.4 Å². The van der Waals surface area contributed by atoms with Gasteiger partial charge in [-0.05, 0) is 23.3 Å². The van der Waals surface area contributed by atoms with Crippen LogP contribution in [0.4, 0.5) is 8.78 Å². The van der Waals surface area contributed by atoms with Crippen LogP contribution in [0, 0.1) is 0 Å². The van der Waals surface area contributed by atoms with E-state index in [4.69, 9.17) is 0 Å². The Morgan fingerprint density at radius 1 is 0.917 bits per heavy atom. The number of esters is 1. The largest absolute Gasteiger partial charge is 0.430 e. The molecule has 1 heterocycles. The molecule has 2 aromatic rings. The van der Waals surface area contributed by atoms with E-state index in [0.717, 1.165) is 6.26 Å². The third kappa shape index (κ3) is 2.82. The van der Waals surface area contributed by atoms with E-state index >= 15 is 0 Å². The van der Waals surface area contributed by atoms with Crippen LogP contribution in [0.3, 0.4) is 0 Å². The minimum atomic E-state index is -3.78. The molecular formula is C17H12F2O4S. The Labute approximate surface area is 137 Å². The Bertz CT molecular complexity index is 930. The van der Waals surface area contributed by atoms with Crippen molar-refractivity contribution in [3.8, 4) is 0 Å². The second-order valence-electron chi connectivity index (χ2n) is 5.32. The molecule has 0 fully saturated rings. The molecule has 7 heteroatoms. The van der Waals surface area contributed by atoms with Gasteiger partial charge in [0.05, 0.1) is 16.0 Å². The zero-order chi connectivity index (χ0) is 17.5. The summed E-state index contributed by atoms with van der Waals surface area (Å²) in [6.07, 6.45) is -2.76. The van der Waals surface area contributed by atoms with E-state index in [1.54, 1.807) is 18.2 Å². The third-order valence-corrected chi connectivity index (χ3v) is 4.73. The molecule has 0 saturated heterocycles. The number of carbonyl (C=O) groups is 1. The highest BCUT2D eigenvalue weighted by atomic mass is 32.2. The minimum Gasteiger partial charge on any atom is -0.393 e. The average Bonchev–Trinajstić information content (AvgIpc) is 2.76. The predicted octanol–water partition coefficient (Wildman–Crippen LogP) is 3.15. The number of sulfone groups is 1. The topological polar surface area (TPSA) is 60.4 Å². The quantitative estimate of drug-likeness (QED) is 0.798. The molecule has 2 aromatic carbocycles. The van der Waals surface area contributed by atoms with Gasteiger partial charge in [0, 0.05) is 6.26 Å². The fourth-order valence-electron chi connectivity index (χ4n) is 2.51. The van der Waals surface area contributed by atoms with Crippen molar-refractivity contribution < 1.29 is 26.7 Å². The average molecular weight is 350 g/mol. The fourth-order valence-corrected chi connectivity index (χ4v) is 3.14. The zero-order valence-corrected chi connectivity index (χ0v) is 13.3. The predicted molar refractivity (Wildman–Crippen MR) is 83.8 cm³/mol. The highest BCUT2D eigenvalue weighted by molar-refractivity contribution is 7.90. The van der Waals surface area contributed by atoms with Crippen LogP contribution in [0.2, 0.25) is 0 Å². The number of hydrogen-bond acceptors (Lipinski definition) is 4. The van der Waals surface area contributed by atoms with Crippen LogP contribution in [-0.4, -0.2) is 26.8 Å². The van der Waals surface area contributed by atoms with Gasteiger partial charge in [0.25, 0.3) is 0 Å². The van der Waals surface area contributed by atoms with Gasteiger partial charge in [-0.15, -0.1) is 0 Å². The molecule has 0 aliphatic carbocycles. The van der Waals surface area contributed by atoms with Crippen LogP contribution in [0.15, 0.2) is 59.5 Å². The molecule has 124 valence electrons. The lowest BCUT2D eigenvalue weighted by atomic mass is 9.96. The first kappa shape index (κ1) is 16.3. The number of hydrogen-bond donors (Lipinski definition) is 0. The van der Waals surface area contributed by atoms with E-state index in [-0.39, 0.29) is 16.0 Å². The highest BCUT2D eigenvalue weighted by Crippen LogP contribution is 2.45. The summed E-state index contributed by atoms with van der Waals surface area (Å²) < 4.78 is 55.6. The summed E-state index contributed by atoms with van der Waals surface area (Å²) in [7, 11) is -3.45. The van der Waals surface area contributed by atoms with Gasteiger partial charge in [-0.3, -0.25) is 0 Å². The van der Waals surface area contributed by atoms with E-state index in [0.29, 0.717) is 5.56 Å². The van der Waals surface area contributed by atoms with Gasteiger partial charge in [0.15, 0.2) is 9.84 Å². The summed E-state index contributed by atoms with van der Waals surface area (Å²) in [5, 5.41) is 0. The van der Waals surface area contributed by atoms with Gasteiger partial charge in [-0.1, -0.05) is 42.5 Å². The molecule has 0 unspecified atom stereocenters. The van der Waals surface area contributed by atoms with Crippen molar-refractivity contribution in [3.63, 3.8) is 0 Å². The minimum absolute atomic E-state index is 0.00155. The third-order valence-electron chi connectivity index (χ3n) is 3.60. The summed E-state index contributed by atoms with van der Waals surface area (Å²) in [5.41, 5.74) is -0.467. The van der Waals surface area contributed by atoms with E-state index in [1.807, 2.05) is 0 Å². The Morgan fingerprint density at radius 3 is 2.04 bits per heavy atom. The second kappa shape index (κ2) is 5.52. The highest BCUT2D eigenvalue weighted by Gasteiger charge is 2.50. The Balaban J connectivity index is 2.21. The van der Waals surface area contributed by atoms with Gasteiger partial charge >= 0.3 is 12.1 Å². The summed E-state index contributed by atoms with van der Waals surface area (Å²) in [6.45, 7) is 0. The van der Waals surface area contributed by atoms with E-state index in [9.17, 15) is 22.0 Å². The monoisotopic (exact) mass is 350 g/mol. The maximum absolute atomic E-state index is 14.2. The molecule has 1 aliphatic heterocycles. The SMILES string of the molecule is CS(=O)(=O)c1ccc(C2=C(c3ccccc3)C(=O)OC2(F)F)cc1. The summed E-state index contributed by atoms with van der Waals surface area (Å²) >= 11 is 0. The summed E-state index contributed by atoms with van der Waals surface area (Å²) in [5.74, 6) is -1.12. The van der Waals surface area contributed by atoms with Crippen molar-refractivity contribution in [3.05, 3.63) is 65.7 Å². The van der Waals surface area contributed by atoms with Gasteiger partial charge in [0.1, 0.15) is 0 Å². The molecule has 0 radical (unpaired) electrons. The number of benzene rings is 2. The number of rotatable bonds is 3. The number of cyclic esters (lactones) is 1. The first-order valence-corrected chi connectivity index (χ1v) is 8.81. The Kier molecular flexibility index (Phi) is 3.76. The van der Waals surface area contributed by atoms with Crippen LogP contribution < -0.4 is 0 Å². The number of halogens is 2. The van der Waals surface area contributed by atoms with Crippen molar-refractivity contribution in [2.75, 3.05) is 6.26 Å². The van der Waals surface area contributed by atoms with E-state index in [1.165, 1.54) is 36.4 Å². The lowest BCUT2D eigenvalue weighted by Gasteiger charge is -2.13. The van der Waals surface area contributed by atoms with Gasteiger partial charge < -0.3 is 4.74 Å². The molecule has 3 rings (SSSR count). The maximum Gasteiger partial charge on any atom is 0.430 e. The molecule has 0 spiro atoms. The van der Waals surface area contributed by atoms with Crippen molar-refractivity contribution in [1.82, 2.24) is 0 Å². The van der Waals surface area contributed by atoms with E-state index in [2.05, 4.69) is 4.74 Å². The molecule has 0 N–H and O–H groups in total. The molecule has 0 saturated carbocycles. The Hall–Kier alpha value is -2.54. The van der Waals surface area contributed by atoms with E-state index < -0.39 is 27.5 Å². The Morgan fingerprint density at radius 2 is 1.50 bits per heavy atom. The van der Waals surface area contributed by atoms with Crippen molar-refractivity contribution in [2.24, 2.45) is 0 Å². The number of alkyl halides is 2. The van der Waals surface area contributed by atoms with Gasteiger partial charge in [-0.25, -0.2) is 13.2 Å². The molecule has 24 heavy (non-hydrogen) atoms. The molecule has 4 nitrogen and oxygen atoms in total. The molecule has 0 aromatic heterocycles. The number of ether oxygens (including phenoxy) is 1. The molecule has 1 aliphatic rings. The first-order valence-electron chi connectivity index (χ1n) is 6.92. The van der Waals surface area contributed by atoms with Crippen LogP contribution >= 0.6 is 0 Å². The molecule has 0 atom stereocenters. The molecule has 0 amide bonds. The zero-order valence-electron chi connectivity index (χ0n) is 12.5. The van der Waals surface area contributed by atoms with Gasteiger partial charge in [-0.2, -0.15) is 8.78 Å². The maximum atomic E-state index is 14.2. The smallest absolute Gasteiger partial charge is 0.393 e. The standard InChI is InChI=1S/C17H12F2O4S/c1-24(21,22)13-9-7-12(8-10-13)15-14(11-5-3-2-4-6-11)16(20)23-17(15,18)19/h2-10H,1H3. The van der Waals surface area contributed by atoms with Crippen molar-refractivity contribution >= 4 is 27.0 Å². The first-order chi connectivity index (χ1) is 11.2. The number of carbonyl (C=O) groups excluding carboxylic acids is 1. The lowest BCUT2D eigenvalue weighted by molar-refractivity contribution is -0.190. The van der Waals surface area contributed by atoms with Crippen molar-refractivity contribution in [1.29, 1.82) is 0 Å². The molecule has 0 bridgehead atoms. The van der Waals surface area contributed by atoms with Gasteiger partial charge in [0.2, 0.25) is 0 Å².